The molecular weight excluding hydrogens is 180 g/mol. The molecular formula is C9H16N4O. The zero-order valence-corrected chi connectivity index (χ0v) is 8.39. The van der Waals surface area contributed by atoms with Crippen LogP contribution in [-0.4, -0.2) is 40.5 Å². The Morgan fingerprint density at radius 2 is 2.43 bits per heavy atom. The first-order valence-electron chi connectivity index (χ1n) is 4.64. The summed E-state index contributed by atoms with van der Waals surface area (Å²) >= 11 is 0. The number of aryl methyl sites for hydroxylation is 1. The number of likely N-dealkylation sites (N-methyl/N-ethyl adjacent to an activating group) is 1. The number of hydrogen-bond donors (Lipinski definition) is 1. The van der Waals surface area contributed by atoms with Gasteiger partial charge in [0.15, 0.2) is 0 Å². The number of nitrogens with zero attached hydrogens (tertiary/aromatic N) is 3. The highest BCUT2D eigenvalue weighted by Crippen LogP contribution is 1.94. The van der Waals surface area contributed by atoms with Gasteiger partial charge >= 0.3 is 0 Å². The molecule has 14 heavy (non-hydrogen) atoms. The van der Waals surface area contributed by atoms with Gasteiger partial charge in [0.05, 0.1) is 6.33 Å². The Morgan fingerprint density at radius 3 is 3.00 bits per heavy atom. The molecule has 1 aromatic heterocycles. The van der Waals surface area contributed by atoms with E-state index in [0.717, 1.165) is 0 Å². The predicted octanol–water partition coefficient (Wildman–Crippen LogP) is -0.310. The molecule has 1 rings (SSSR count). The van der Waals surface area contributed by atoms with E-state index in [0.29, 0.717) is 26.1 Å². The molecule has 0 radical (unpaired) electrons. The van der Waals surface area contributed by atoms with Gasteiger partial charge in [-0.3, -0.25) is 4.79 Å². The van der Waals surface area contributed by atoms with E-state index >= 15 is 0 Å². The van der Waals surface area contributed by atoms with Crippen molar-refractivity contribution in [3.63, 3.8) is 0 Å². The van der Waals surface area contributed by atoms with E-state index in [1.807, 2.05) is 10.8 Å². The quantitative estimate of drug-likeness (QED) is 0.702. The molecule has 5 heteroatoms. The molecule has 0 unspecified atom stereocenters. The number of imidazole rings is 1. The fourth-order valence-electron chi connectivity index (χ4n) is 1.15. The molecule has 78 valence electrons. The van der Waals surface area contributed by atoms with Crippen LogP contribution in [0.4, 0.5) is 0 Å². The summed E-state index contributed by atoms with van der Waals surface area (Å²) in [6, 6.07) is 0. The summed E-state index contributed by atoms with van der Waals surface area (Å²) in [5, 5.41) is 0. The highest BCUT2D eigenvalue weighted by atomic mass is 16.2. The second kappa shape index (κ2) is 5.39. The van der Waals surface area contributed by atoms with Crippen LogP contribution in [0.2, 0.25) is 0 Å². The lowest BCUT2D eigenvalue weighted by Crippen LogP contribution is -2.32. The second-order valence-electron chi connectivity index (χ2n) is 3.15. The molecule has 0 bridgehead atoms. The van der Waals surface area contributed by atoms with Gasteiger partial charge in [-0.1, -0.05) is 0 Å². The van der Waals surface area contributed by atoms with Crippen LogP contribution < -0.4 is 5.73 Å². The van der Waals surface area contributed by atoms with Crippen LogP contribution >= 0.6 is 0 Å². The van der Waals surface area contributed by atoms with E-state index in [9.17, 15) is 4.79 Å². The van der Waals surface area contributed by atoms with Crippen LogP contribution in [0.5, 0.6) is 0 Å². The molecule has 5 nitrogen and oxygen atoms in total. The average molecular weight is 196 g/mol. The van der Waals surface area contributed by atoms with Gasteiger partial charge < -0.3 is 15.2 Å². The maximum absolute atomic E-state index is 11.5. The topological polar surface area (TPSA) is 64.2 Å². The first kappa shape index (κ1) is 10.7. The maximum atomic E-state index is 11.5. The van der Waals surface area contributed by atoms with Crippen molar-refractivity contribution < 1.29 is 4.79 Å². The lowest BCUT2D eigenvalue weighted by atomic mass is 10.3. The van der Waals surface area contributed by atoms with E-state index in [-0.39, 0.29) is 5.91 Å². The van der Waals surface area contributed by atoms with Gasteiger partial charge in [0.25, 0.3) is 0 Å². The Kier molecular flexibility index (Phi) is 4.12. The third-order valence-corrected chi connectivity index (χ3v) is 2.03. The summed E-state index contributed by atoms with van der Waals surface area (Å²) in [6.45, 7) is 1.80. The van der Waals surface area contributed by atoms with Crippen molar-refractivity contribution in [2.75, 3.05) is 20.1 Å². The number of carbonyl (C=O) groups is 1. The molecule has 0 aliphatic carbocycles. The van der Waals surface area contributed by atoms with Crippen molar-refractivity contribution in [1.29, 1.82) is 0 Å². The normalized spacial score (nSPS) is 10.1. The van der Waals surface area contributed by atoms with E-state index in [2.05, 4.69) is 4.98 Å². The van der Waals surface area contributed by atoms with E-state index in [1.54, 1.807) is 24.5 Å². The first-order valence-corrected chi connectivity index (χ1v) is 4.64. The maximum Gasteiger partial charge on any atom is 0.224 e. The summed E-state index contributed by atoms with van der Waals surface area (Å²) in [5.41, 5.74) is 5.35. The number of rotatable bonds is 5. The molecule has 0 spiro atoms. The van der Waals surface area contributed by atoms with Crippen LogP contribution in [0.3, 0.4) is 0 Å². The number of amides is 1. The molecule has 2 N–H and O–H groups in total. The Bertz CT molecular complexity index is 270. The molecule has 0 aromatic carbocycles. The van der Waals surface area contributed by atoms with Gasteiger partial charge in [0.1, 0.15) is 0 Å². The Hall–Kier alpha value is -1.36. The van der Waals surface area contributed by atoms with Gasteiger partial charge in [-0.15, -0.1) is 0 Å². The number of carbonyl (C=O) groups excluding carboxylic acids is 1. The third-order valence-electron chi connectivity index (χ3n) is 2.03. The molecule has 0 aliphatic rings. The van der Waals surface area contributed by atoms with Gasteiger partial charge in [0, 0.05) is 45.5 Å². The zero-order chi connectivity index (χ0) is 10.4. The smallest absolute Gasteiger partial charge is 0.224 e. The standard InChI is InChI=1S/C9H16N4O/c1-12(6-3-10)9(14)2-5-13-7-4-11-8-13/h4,7-8H,2-3,5-6,10H2,1H3. The minimum absolute atomic E-state index is 0.115. The lowest BCUT2D eigenvalue weighted by Gasteiger charge is -2.15. The highest BCUT2D eigenvalue weighted by Gasteiger charge is 2.06. The largest absolute Gasteiger partial charge is 0.344 e. The Labute approximate surface area is 83.5 Å². The van der Waals surface area contributed by atoms with Crippen molar-refractivity contribution in [2.45, 2.75) is 13.0 Å². The highest BCUT2D eigenvalue weighted by molar-refractivity contribution is 5.75. The summed E-state index contributed by atoms with van der Waals surface area (Å²) in [6.07, 6.45) is 5.74. The van der Waals surface area contributed by atoms with Crippen molar-refractivity contribution in [2.24, 2.45) is 5.73 Å². The molecule has 0 aliphatic heterocycles. The van der Waals surface area contributed by atoms with Crippen LogP contribution in [-0.2, 0) is 11.3 Å². The molecule has 1 heterocycles. The zero-order valence-electron chi connectivity index (χ0n) is 8.39. The fraction of sp³-hybridized carbons (Fsp3) is 0.556. The SMILES string of the molecule is CN(CCN)C(=O)CCn1ccnc1. The van der Waals surface area contributed by atoms with Crippen LogP contribution in [0.25, 0.3) is 0 Å². The molecule has 0 fully saturated rings. The minimum Gasteiger partial charge on any atom is -0.344 e. The van der Waals surface area contributed by atoms with Gasteiger partial charge in [-0.25, -0.2) is 4.98 Å². The summed E-state index contributed by atoms with van der Waals surface area (Å²) in [4.78, 5) is 17.0. The first-order chi connectivity index (χ1) is 6.74. The van der Waals surface area contributed by atoms with E-state index < -0.39 is 0 Å². The van der Waals surface area contributed by atoms with Crippen LogP contribution in [0, 0.1) is 0 Å². The molecule has 0 atom stereocenters. The second-order valence-corrected chi connectivity index (χ2v) is 3.15. The van der Waals surface area contributed by atoms with Crippen LogP contribution in [0.15, 0.2) is 18.7 Å². The summed E-state index contributed by atoms with van der Waals surface area (Å²) < 4.78 is 1.88. The monoisotopic (exact) mass is 196 g/mol. The average Bonchev–Trinajstić information content (AvgIpc) is 2.67. The predicted molar refractivity (Wildman–Crippen MR) is 53.5 cm³/mol. The van der Waals surface area contributed by atoms with Crippen molar-refractivity contribution in [1.82, 2.24) is 14.5 Å². The molecule has 0 saturated heterocycles. The lowest BCUT2D eigenvalue weighted by molar-refractivity contribution is -0.130. The molecule has 1 amide bonds. The Morgan fingerprint density at radius 1 is 1.64 bits per heavy atom. The molecule has 0 saturated carbocycles. The summed E-state index contributed by atoms with van der Waals surface area (Å²) in [7, 11) is 1.77. The van der Waals surface area contributed by atoms with Crippen molar-refractivity contribution in [3.8, 4) is 0 Å². The summed E-state index contributed by atoms with van der Waals surface area (Å²) in [5.74, 6) is 0.115. The number of nitrogens with two attached hydrogens (primary N) is 1. The van der Waals surface area contributed by atoms with Crippen LogP contribution in [0.1, 0.15) is 6.42 Å². The van der Waals surface area contributed by atoms with Gasteiger partial charge in [0.2, 0.25) is 5.91 Å². The molecule has 1 aromatic rings. The minimum atomic E-state index is 0.115. The van der Waals surface area contributed by atoms with Crippen molar-refractivity contribution >= 4 is 5.91 Å². The fourth-order valence-corrected chi connectivity index (χ4v) is 1.15. The van der Waals surface area contributed by atoms with E-state index in [4.69, 9.17) is 5.73 Å². The number of hydrogen-bond acceptors (Lipinski definition) is 3. The Balaban J connectivity index is 2.27. The van der Waals surface area contributed by atoms with Gasteiger partial charge in [-0.2, -0.15) is 0 Å². The van der Waals surface area contributed by atoms with E-state index in [1.165, 1.54) is 0 Å². The van der Waals surface area contributed by atoms with Crippen molar-refractivity contribution in [3.05, 3.63) is 18.7 Å². The van der Waals surface area contributed by atoms with Gasteiger partial charge in [-0.05, 0) is 0 Å². The third kappa shape index (κ3) is 3.18. The number of aromatic nitrogens is 2.